The number of hydrogen-bond donors (Lipinski definition) is 2. The minimum atomic E-state index is -3.50. The molecule has 2 N–H and O–H groups in total. The van der Waals surface area contributed by atoms with Gasteiger partial charge >= 0.3 is 0 Å². The molecular formula is C10H14N2O4S. The zero-order valence-corrected chi connectivity index (χ0v) is 10.6. The maximum atomic E-state index is 11.7. The number of rotatable bonds is 3. The predicted octanol–water partition coefficient (Wildman–Crippen LogP) is 0.466. The van der Waals surface area contributed by atoms with Crippen LogP contribution in [0.15, 0.2) is 18.2 Å². The topological polar surface area (TPSA) is 86.7 Å². The molecule has 7 heteroatoms. The third-order valence-electron chi connectivity index (χ3n) is 1.97. The number of carbonyl (C=O) groups excluding carboxylic acids is 1. The van der Waals surface area contributed by atoms with E-state index >= 15 is 0 Å². The second-order valence-corrected chi connectivity index (χ2v) is 5.52. The SMILES string of the molecule is CN(C)C(=O)c1cccc(NS(C)(=O)=O)c1O. The maximum absolute atomic E-state index is 11.7. The Morgan fingerprint density at radius 3 is 2.41 bits per heavy atom. The van der Waals surface area contributed by atoms with Crippen LogP contribution in [-0.4, -0.2) is 44.7 Å². The summed E-state index contributed by atoms with van der Waals surface area (Å²) in [7, 11) is -0.417. The van der Waals surface area contributed by atoms with Gasteiger partial charge in [0.05, 0.1) is 17.5 Å². The number of phenols is 1. The number of hydrogen-bond acceptors (Lipinski definition) is 4. The molecule has 0 unspecified atom stereocenters. The molecule has 1 amide bonds. The van der Waals surface area contributed by atoms with E-state index in [0.29, 0.717) is 0 Å². The Morgan fingerprint density at radius 1 is 1.35 bits per heavy atom. The summed E-state index contributed by atoms with van der Waals surface area (Å²) in [5.41, 5.74) is 0.0313. The largest absolute Gasteiger partial charge is 0.505 e. The zero-order chi connectivity index (χ0) is 13.2. The Labute approximate surface area is 99.9 Å². The summed E-state index contributed by atoms with van der Waals surface area (Å²) < 4.78 is 24.2. The lowest BCUT2D eigenvalue weighted by Crippen LogP contribution is -2.22. The van der Waals surface area contributed by atoms with Gasteiger partial charge in [0.15, 0.2) is 5.75 Å². The van der Waals surface area contributed by atoms with Crippen LogP contribution < -0.4 is 4.72 Å². The molecule has 0 aliphatic carbocycles. The van der Waals surface area contributed by atoms with Gasteiger partial charge in [-0.2, -0.15) is 0 Å². The van der Waals surface area contributed by atoms with Gasteiger partial charge in [0, 0.05) is 14.1 Å². The molecule has 0 aromatic heterocycles. The van der Waals surface area contributed by atoms with Crippen molar-refractivity contribution in [2.75, 3.05) is 25.1 Å². The fraction of sp³-hybridized carbons (Fsp3) is 0.300. The lowest BCUT2D eigenvalue weighted by atomic mass is 10.1. The zero-order valence-electron chi connectivity index (χ0n) is 9.76. The van der Waals surface area contributed by atoms with Crippen molar-refractivity contribution in [3.05, 3.63) is 23.8 Å². The van der Waals surface area contributed by atoms with Gasteiger partial charge in [0.1, 0.15) is 0 Å². The second-order valence-electron chi connectivity index (χ2n) is 3.78. The van der Waals surface area contributed by atoms with Crippen LogP contribution in [0.1, 0.15) is 10.4 Å². The van der Waals surface area contributed by atoms with Gasteiger partial charge in [0.25, 0.3) is 5.91 Å². The monoisotopic (exact) mass is 258 g/mol. The standard InChI is InChI=1S/C10H14N2O4S/c1-12(2)10(14)7-5-4-6-8(9(7)13)11-17(3,15)16/h4-6,11,13H,1-3H3. The molecule has 17 heavy (non-hydrogen) atoms. The number of sulfonamides is 1. The molecule has 0 radical (unpaired) electrons. The third-order valence-corrected chi connectivity index (χ3v) is 2.56. The fourth-order valence-corrected chi connectivity index (χ4v) is 1.80. The van der Waals surface area contributed by atoms with Gasteiger partial charge in [-0.1, -0.05) is 6.07 Å². The van der Waals surface area contributed by atoms with Crippen molar-refractivity contribution in [3.8, 4) is 5.75 Å². The number of amides is 1. The van der Waals surface area contributed by atoms with Crippen molar-refractivity contribution >= 4 is 21.6 Å². The molecule has 6 nitrogen and oxygen atoms in total. The minimum Gasteiger partial charge on any atom is -0.505 e. The van der Waals surface area contributed by atoms with Gasteiger partial charge in [-0.05, 0) is 12.1 Å². The van der Waals surface area contributed by atoms with Crippen molar-refractivity contribution in [2.24, 2.45) is 0 Å². The molecule has 94 valence electrons. The van der Waals surface area contributed by atoms with Gasteiger partial charge < -0.3 is 10.0 Å². The van der Waals surface area contributed by atoms with E-state index in [2.05, 4.69) is 4.72 Å². The lowest BCUT2D eigenvalue weighted by molar-refractivity contribution is 0.0824. The predicted molar refractivity (Wildman–Crippen MR) is 64.6 cm³/mol. The fourth-order valence-electron chi connectivity index (χ4n) is 1.24. The van der Waals surface area contributed by atoms with Gasteiger partial charge in [-0.3, -0.25) is 9.52 Å². The van der Waals surface area contributed by atoms with E-state index in [4.69, 9.17) is 0 Å². The number of para-hydroxylation sites is 1. The second kappa shape index (κ2) is 4.62. The summed E-state index contributed by atoms with van der Waals surface area (Å²) in [5, 5.41) is 9.80. The number of benzene rings is 1. The molecule has 0 atom stereocenters. The number of phenolic OH excluding ortho intramolecular Hbond substituents is 1. The maximum Gasteiger partial charge on any atom is 0.257 e. The highest BCUT2D eigenvalue weighted by molar-refractivity contribution is 7.92. The summed E-state index contributed by atoms with van der Waals surface area (Å²) in [6, 6.07) is 4.29. The average molecular weight is 258 g/mol. The molecule has 0 spiro atoms. The Hall–Kier alpha value is -1.76. The Morgan fingerprint density at radius 2 is 1.94 bits per heavy atom. The first-order valence-electron chi connectivity index (χ1n) is 4.74. The molecular weight excluding hydrogens is 244 g/mol. The normalized spacial score (nSPS) is 11.0. The molecule has 1 rings (SSSR count). The Kier molecular flexibility index (Phi) is 3.62. The number of nitrogens with one attached hydrogen (secondary N) is 1. The first-order chi connectivity index (χ1) is 7.72. The van der Waals surface area contributed by atoms with E-state index in [-0.39, 0.29) is 17.0 Å². The summed E-state index contributed by atoms with van der Waals surface area (Å²) in [4.78, 5) is 13.0. The molecule has 0 saturated heterocycles. The molecule has 0 aliphatic heterocycles. The first kappa shape index (κ1) is 13.3. The summed E-state index contributed by atoms with van der Waals surface area (Å²) in [6.07, 6.45) is 0.965. The van der Waals surface area contributed by atoms with Crippen molar-refractivity contribution in [1.29, 1.82) is 0 Å². The van der Waals surface area contributed by atoms with E-state index in [1.807, 2.05) is 0 Å². The summed E-state index contributed by atoms with van der Waals surface area (Å²) in [5.74, 6) is -0.781. The van der Waals surface area contributed by atoms with Crippen LogP contribution in [-0.2, 0) is 10.0 Å². The van der Waals surface area contributed by atoms with E-state index < -0.39 is 15.9 Å². The molecule has 0 saturated carbocycles. The highest BCUT2D eigenvalue weighted by Crippen LogP contribution is 2.28. The third kappa shape index (κ3) is 3.35. The van der Waals surface area contributed by atoms with Crippen LogP contribution in [0.3, 0.4) is 0 Å². The van der Waals surface area contributed by atoms with Crippen LogP contribution >= 0.6 is 0 Å². The van der Waals surface area contributed by atoms with Crippen LogP contribution in [0, 0.1) is 0 Å². The molecule has 0 aliphatic rings. The van der Waals surface area contributed by atoms with Gasteiger partial charge in [0.2, 0.25) is 10.0 Å². The summed E-state index contributed by atoms with van der Waals surface area (Å²) in [6.45, 7) is 0. The molecule has 1 aromatic rings. The van der Waals surface area contributed by atoms with Gasteiger partial charge in [-0.15, -0.1) is 0 Å². The number of aromatic hydroxyl groups is 1. The van der Waals surface area contributed by atoms with Crippen molar-refractivity contribution in [2.45, 2.75) is 0 Å². The van der Waals surface area contributed by atoms with E-state index in [1.54, 1.807) is 14.1 Å². The lowest BCUT2D eigenvalue weighted by Gasteiger charge is -2.13. The Bertz CT molecular complexity index is 537. The first-order valence-corrected chi connectivity index (χ1v) is 6.63. The highest BCUT2D eigenvalue weighted by atomic mass is 32.2. The highest BCUT2D eigenvalue weighted by Gasteiger charge is 2.17. The molecule has 0 fully saturated rings. The van der Waals surface area contributed by atoms with Crippen LogP contribution in [0.4, 0.5) is 5.69 Å². The van der Waals surface area contributed by atoms with Crippen LogP contribution in [0.2, 0.25) is 0 Å². The summed E-state index contributed by atoms with van der Waals surface area (Å²) >= 11 is 0. The number of anilines is 1. The number of carbonyl (C=O) groups is 1. The smallest absolute Gasteiger partial charge is 0.257 e. The van der Waals surface area contributed by atoms with Crippen LogP contribution in [0.5, 0.6) is 5.75 Å². The molecule has 1 aromatic carbocycles. The van der Waals surface area contributed by atoms with Crippen molar-refractivity contribution in [3.63, 3.8) is 0 Å². The molecule has 0 bridgehead atoms. The van der Waals surface area contributed by atoms with Crippen molar-refractivity contribution < 1.29 is 18.3 Å². The van der Waals surface area contributed by atoms with E-state index in [0.717, 1.165) is 6.26 Å². The van der Waals surface area contributed by atoms with E-state index in [1.165, 1.54) is 23.1 Å². The molecule has 0 heterocycles. The Balaban J connectivity index is 3.21. The van der Waals surface area contributed by atoms with E-state index in [9.17, 15) is 18.3 Å². The van der Waals surface area contributed by atoms with Gasteiger partial charge in [-0.25, -0.2) is 8.42 Å². The van der Waals surface area contributed by atoms with Crippen molar-refractivity contribution in [1.82, 2.24) is 4.90 Å². The average Bonchev–Trinajstić information content (AvgIpc) is 2.18. The minimum absolute atomic E-state index is 0.0137. The quantitative estimate of drug-likeness (QED) is 0.771. The number of nitrogens with zero attached hydrogens (tertiary/aromatic N) is 1. The van der Waals surface area contributed by atoms with Crippen LogP contribution in [0.25, 0.3) is 0 Å².